The van der Waals surface area contributed by atoms with E-state index in [4.69, 9.17) is 0 Å². The maximum Gasteiger partial charge on any atom is 0.212 e. The first-order chi connectivity index (χ1) is 9.56. The van der Waals surface area contributed by atoms with Crippen LogP contribution in [0.1, 0.15) is 49.3 Å². The summed E-state index contributed by atoms with van der Waals surface area (Å²) >= 11 is 0. The van der Waals surface area contributed by atoms with Crippen LogP contribution < -0.4 is 4.57 Å². The first-order valence-electron chi connectivity index (χ1n) is 7.64. The first-order valence-corrected chi connectivity index (χ1v) is 7.64. The highest BCUT2D eigenvalue weighted by Crippen LogP contribution is 2.27. The monoisotopic (exact) mass is 268 g/mol. The molecule has 2 aromatic rings. The Morgan fingerprint density at radius 3 is 2.35 bits per heavy atom. The van der Waals surface area contributed by atoms with Gasteiger partial charge < -0.3 is 0 Å². The lowest BCUT2D eigenvalue weighted by molar-refractivity contribution is -0.660. The smallest absolute Gasteiger partial charge is 0.201 e. The van der Waals surface area contributed by atoms with Crippen LogP contribution in [0.15, 0.2) is 36.5 Å². The maximum atomic E-state index is 2.37. The average molecular weight is 268 g/mol. The number of aromatic nitrogens is 1. The van der Waals surface area contributed by atoms with Gasteiger partial charge in [-0.25, -0.2) is 4.57 Å². The highest BCUT2D eigenvalue weighted by molar-refractivity contribution is 5.62. The zero-order valence-corrected chi connectivity index (χ0v) is 13.4. The quantitative estimate of drug-likeness (QED) is 0.708. The van der Waals surface area contributed by atoms with Crippen LogP contribution in [0.5, 0.6) is 0 Å². The normalized spacial score (nSPS) is 11.1. The van der Waals surface area contributed by atoms with Gasteiger partial charge in [0.15, 0.2) is 6.20 Å². The van der Waals surface area contributed by atoms with Gasteiger partial charge in [-0.1, -0.05) is 31.5 Å². The molecule has 0 bridgehead atoms. The molecule has 0 atom stereocenters. The Bertz CT molecular complexity index is 595. The minimum atomic E-state index is 0.667. The number of rotatable bonds is 4. The lowest BCUT2D eigenvalue weighted by atomic mass is 9.92. The van der Waals surface area contributed by atoms with Crippen molar-refractivity contribution < 1.29 is 4.57 Å². The fourth-order valence-corrected chi connectivity index (χ4v) is 2.88. The van der Waals surface area contributed by atoms with E-state index in [0.29, 0.717) is 5.92 Å². The van der Waals surface area contributed by atoms with Crippen LogP contribution in [-0.2, 0) is 7.05 Å². The fraction of sp³-hybridized carbons (Fsp3) is 0.421. The molecule has 0 saturated carbocycles. The molecule has 1 aromatic carbocycles. The summed E-state index contributed by atoms with van der Waals surface area (Å²) in [7, 11) is 2.13. The zero-order chi connectivity index (χ0) is 14.7. The standard InChI is InChI=1S/C19H26N/c1-6-16(7-2)17-10-11-20(5)19(13-17)18-12-14(3)8-9-15(18)4/h8-13,16H,6-7H2,1-5H3/q+1. The van der Waals surface area contributed by atoms with E-state index >= 15 is 0 Å². The van der Waals surface area contributed by atoms with Crippen LogP contribution in [0.3, 0.4) is 0 Å². The van der Waals surface area contributed by atoms with Crippen molar-refractivity contribution in [2.24, 2.45) is 7.05 Å². The first kappa shape index (κ1) is 14.8. The van der Waals surface area contributed by atoms with E-state index in [1.54, 1.807) is 0 Å². The number of hydrogen-bond donors (Lipinski definition) is 0. The van der Waals surface area contributed by atoms with Crippen LogP contribution in [0.4, 0.5) is 0 Å². The number of pyridine rings is 1. The van der Waals surface area contributed by atoms with E-state index < -0.39 is 0 Å². The van der Waals surface area contributed by atoms with Gasteiger partial charge in [0.25, 0.3) is 0 Å². The summed E-state index contributed by atoms with van der Waals surface area (Å²) in [4.78, 5) is 0. The van der Waals surface area contributed by atoms with Crippen LogP contribution in [0.2, 0.25) is 0 Å². The number of benzene rings is 1. The molecule has 1 heterocycles. The third kappa shape index (κ3) is 2.92. The molecule has 20 heavy (non-hydrogen) atoms. The predicted molar refractivity (Wildman–Crippen MR) is 85.9 cm³/mol. The Kier molecular flexibility index (Phi) is 4.59. The third-order valence-electron chi connectivity index (χ3n) is 4.30. The highest BCUT2D eigenvalue weighted by Gasteiger charge is 2.16. The number of nitrogens with zero attached hydrogens (tertiary/aromatic N) is 1. The molecule has 0 spiro atoms. The minimum absolute atomic E-state index is 0.667. The summed E-state index contributed by atoms with van der Waals surface area (Å²) in [6, 6.07) is 11.3. The molecule has 106 valence electrons. The van der Waals surface area contributed by atoms with Crippen molar-refractivity contribution >= 4 is 0 Å². The Balaban J connectivity index is 2.55. The predicted octanol–water partition coefficient (Wildman–Crippen LogP) is 4.70. The molecule has 0 fully saturated rings. The number of hydrogen-bond acceptors (Lipinski definition) is 0. The molecular weight excluding hydrogens is 242 g/mol. The third-order valence-corrected chi connectivity index (χ3v) is 4.30. The van der Waals surface area contributed by atoms with Gasteiger partial charge in [0.05, 0.1) is 0 Å². The SMILES string of the molecule is CCC(CC)c1cc[n+](C)c(-c2cc(C)ccc2C)c1. The second kappa shape index (κ2) is 6.21. The maximum absolute atomic E-state index is 2.37. The van der Waals surface area contributed by atoms with Crippen molar-refractivity contribution in [3.8, 4) is 11.3 Å². The van der Waals surface area contributed by atoms with Crippen LogP contribution >= 0.6 is 0 Å². The Labute approximate surface area is 123 Å². The topological polar surface area (TPSA) is 3.88 Å². The molecule has 1 aromatic heterocycles. The molecule has 0 N–H and O–H groups in total. The lowest BCUT2D eigenvalue weighted by Crippen LogP contribution is -2.31. The lowest BCUT2D eigenvalue weighted by Gasteiger charge is -2.13. The Morgan fingerprint density at radius 2 is 1.70 bits per heavy atom. The van der Waals surface area contributed by atoms with E-state index in [0.717, 1.165) is 0 Å². The second-order valence-corrected chi connectivity index (χ2v) is 5.79. The van der Waals surface area contributed by atoms with Crippen LogP contribution in [0.25, 0.3) is 11.3 Å². The zero-order valence-electron chi connectivity index (χ0n) is 13.4. The molecule has 1 nitrogen and oxygen atoms in total. The van der Waals surface area contributed by atoms with Crippen molar-refractivity contribution in [2.45, 2.75) is 46.5 Å². The largest absolute Gasteiger partial charge is 0.212 e. The summed E-state index contributed by atoms with van der Waals surface area (Å²) in [6.45, 7) is 8.91. The van der Waals surface area contributed by atoms with E-state index in [-0.39, 0.29) is 0 Å². The van der Waals surface area contributed by atoms with Gasteiger partial charge in [0.2, 0.25) is 5.69 Å². The van der Waals surface area contributed by atoms with Gasteiger partial charge >= 0.3 is 0 Å². The van der Waals surface area contributed by atoms with Gasteiger partial charge in [0.1, 0.15) is 7.05 Å². The van der Waals surface area contributed by atoms with Crippen molar-refractivity contribution in [1.82, 2.24) is 0 Å². The summed E-state index contributed by atoms with van der Waals surface area (Å²) in [5.74, 6) is 0.667. The van der Waals surface area contributed by atoms with E-state index in [1.807, 2.05) is 0 Å². The molecule has 0 amide bonds. The minimum Gasteiger partial charge on any atom is -0.201 e. The van der Waals surface area contributed by atoms with Gasteiger partial charge in [-0.2, -0.15) is 0 Å². The van der Waals surface area contributed by atoms with Gasteiger partial charge in [-0.05, 0) is 49.8 Å². The van der Waals surface area contributed by atoms with Crippen molar-refractivity contribution in [1.29, 1.82) is 0 Å². The fourth-order valence-electron chi connectivity index (χ4n) is 2.88. The average Bonchev–Trinajstić information content (AvgIpc) is 2.45. The summed E-state index contributed by atoms with van der Waals surface area (Å²) in [5, 5.41) is 0. The van der Waals surface area contributed by atoms with Crippen LogP contribution in [0, 0.1) is 13.8 Å². The summed E-state index contributed by atoms with van der Waals surface area (Å²) in [5.41, 5.74) is 6.78. The van der Waals surface area contributed by atoms with Gasteiger partial charge in [-0.3, -0.25) is 0 Å². The van der Waals surface area contributed by atoms with E-state index in [1.165, 1.54) is 40.8 Å². The molecule has 2 rings (SSSR count). The van der Waals surface area contributed by atoms with Gasteiger partial charge in [-0.15, -0.1) is 0 Å². The second-order valence-electron chi connectivity index (χ2n) is 5.79. The Hall–Kier alpha value is -1.63. The summed E-state index contributed by atoms with van der Waals surface area (Å²) < 4.78 is 2.23. The van der Waals surface area contributed by atoms with Crippen molar-refractivity contribution in [3.63, 3.8) is 0 Å². The number of aryl methyl sites for hydroxylation is 3. The molecule has 0 aliphatic heterocycles. The van der Waals surface area contributed by atoms with E-state index in [2.05, 4.69) is 75.8 Å². The van der Waals surface area contributed by atoms with Crippen LogP contribution in [-0.4, -0.2) is 0 Å². The van der Waals surface area contributed by atoms with E-state index in [9.17, 15) is 0 Å². The Morgan fingerprint density at radius 1 is 1.00 bits per heavy atom. The van der Waals surface area contributed by atoms with Crippen molar-refractivity contribution in [2.75, 3.05) is 0 Å². The summed E-state index contributed by atoms with van der Waals surface area (Å²) in [6.07, 6.45) is 4.61. The van der Waals surface area contributed by atoms with Gasteiger partial charge in [0, 0.05) is 17.7 Å². The highest BCUT2D eigenvalue weighted by atomic mass is 14.9. The molecule has 0 saturated heterocycles. The molecular formula is C19H26N+. The molecule has 0 unspecified atom stereocenters. The molecule has 0 aliphatic rings. The molecule has 0 radical (unpaired) electrons. The molecule has 1 heteroatoms. The molecule has 0 aliphatic carbocycles. The van der Waals surface area contributed by atoms with Crippen molar-refractivity contribution in [3.05, 3.63) is 53.2 Å².